The van der Waals surface area contributed by atoms with Gasteiger partial charge in [-0.05, 0) is 6.92 Å². The highest BCUT2D eigenvalue weighted by molar-refractivity contribution is 7.80. The van der Waals surface area contributed by atoms with E-state index in [0.29, 0.717) is 12.4 Å². The van der Waals surface area contributed by atoms with E-state index in [1.54, 1.807) is 11.0 Å². The highest BCUT2D eigenvalue weighted by Crippen LogP contribution is 2.08. The Balaban J connectivity index is 2.48. The quantitative estimate of drug-likeness (QED) is 0.597. The molecule has 62 valence electrons. The monoisotopic (exact) mass is 181 g/mol. The molecule has 1 aliphatic heterocycles. The van der Waals surface area contributed by atoms with E-state index < -0.39 is 0 Å². The molecule has 6 heteroatoms. The maximum absolute atomic E-state index is 5.04. The van der Waals surface area contributed by atoms with Crippen molar-refractivity contribution in [3.05, 3.63) is 6.33 Å². The van der Waals surface area contributed by atoms with Gasteiger partial charge in [0.15, 0.2) is 0 Å². The van der Waals surface area contributed by atoms with Crippen LogP contribution in [0.15, 0.2) is 11.4 Å². The van der Waals surface area contributed by atoms with Crippen LogP contribution in [0.25, 0.3) is 0 Å². The molecule has 0 spiro atoms. The summed E-state index contributed by atoms with van der Waals surface area (Å²) in [6, 6.07) is 0. The molecule has 0 saturated carbocycles. The lowest BCUT2D eigenvalue weighted by atomic mass is 10.3. The number of hydrogen-bond acceptors (Lipinski definition) is 4. The summed E-state index contributed by atoms with van der Waals surface area (Å²) in [6.07, 6.45) is 2.22. The predicted octanol–water partition coefficient (Wildman–Crippen LogP) is 0.645. The molecule has 1 aliphatic rings. The van der Waals surface area contributed by atoms with Gasteiger partial charge in [-0.25, -0.2) is 0 Å². The fourth-order valence-corrected chi connectivity index (χ4v) is 1.31. The molecule has 12 heavy (non-hydrogen) atoms. The van der Waals surface area contributed by atoms with Gasteiger partial charge in [0.1, 0.15) is 6.33 Å². The number of nitrogens with one attached hydrogen (secondary N) is 1. The normalized spacial score (nSPS) is 16.1. The lowest BCUT2D eigenvalue weighted by Gasteiger charge is -1.98. The molecule has 2 heterocycles. The van der Waals surface area contributed by atoms with Gasteiger partial charge < -0.3 is 5.32 Å². The van der Waals surface area contributed by atoms with Crippen LogP contribution >= 0.6 is 12.2 Å². The fourth-order valence-electron chi connectivity index (χ4n) is 1.01. The molecular formula is C6H7N5S. The van der Waals surface area contributed by atoms with Crippen LogP contribution < -0.4 is 5.32 Å². The van der Waals surface area contributed by atoms with Crippen LogP contribution in [0.4, 0.5) is 5.95 Å². The summed E-state index contributed by atoms with van der Waals surface area (Å²) in [4.78, 5) is 0.725. The zero-order chi connectivity index (χ0) is 8.55. The van der Waals surface area contributed by atoms with Crippen molar-refractivity contribution in [3.63, 3.8) is 0 Å². The maximum atomic E-state index is 5.04. The van der Waals surface area contributed by atoms with E-state index in [-0.39, 0.29) is 0 Å². The van der Waals surface area contributed by atoms with Gasteiger partial charge in [-0.1, -0.05) is 12.2 Å². The first-order valence-electron chi connectivity index (χ1n) is 3.50. The number of nitrogens with zero attached hydrogens (tertiary/aromatic N) is 4. The lowest BCUT2D eigenvalue weighted by molar-refractivity contribution is 0.884. The smallest absolute Gasteiger partial charge is 0.250 e. The van der Waals surface area contributed by atoms with E-state index in [4.69, 9.17) is 12.2 Å². The molecule has 1 aromatic heterocycles. The lowest BCUT2D eigenvalue weighted by Crippen LogP contribution is -2.11. The Hall–Kier alpha value is -1.30. The molecule has 0 unspecified atom stereocenters. The minimum absolute atomic E-state index is 0.580. The summed E-state index contributed by atoms with van der Waals surface area (Å²) in [7, 11) is 0. The molecule has 2 rings (SSSR count). The minimum atomic E-state index is 0.580. The van der Waals surface area contributed by atoms with Gasteiger partial charge in [0.05, 0.1) is 4.99 Å². The molecule has 0 bridgehead atoms. The second-order valence-electron chi connectivity index (χ2n) is 2.56. The minimum Gasteiger partial charge on any atom is -0.317 e. The highest BCUT2D eigenvalue weighted by Gasteiger charge is 2.10. The first-order valence-corrected chi connectivity index (χ1v) is 3.91. The van der Waals surface area contributed by atoms with Crippen molar-refractivity contribution in [1.29, 1.82) is 0 Å². The van der Waals surface area contributed by atoms with E-state index in [0.717, 1.165) is 10.7 Å². The van der Waals surface area contributed by atoms with E-state index in [1.807, 2.05) is 6.92 Å². The number of thiocarbonyl (C=S) groups is 1. The second-order valence-corrected chi connectivity index (χ2v) is 3.05. The Morgan fingerprint density at radius 3 is 3.33 bits per heavy atom. The van der Waals surface area contributed by atoms with E-state index in [2.05, 4.69) is 20.6 Å². The molecule has 0 radical (unpaired) electrons. The Morgan fingerprint density at radius 2 is 2.50 bits per heavy atom. The second kappa shape index (κ2) is 2.63. The van der Waals surface area contributed by atoms with Gasteiger partial charge in [0.2, 0.25) is 5.95 Å². The van der Waals surface area contributed by atoms with Crippen molar-refractivity contribution >= 4 is 28.9 Å². The summed E-state index contributed by atoms with van der Waals surface area (Å²) < 4.78 is 1.58. The van der Waals surface area contributed by atoms with Gasteiger partial charge in [-0.2, -0.15) is 9.78 Å². The van der Waals surface area contributed by atoms with E-state index in [9.17, 15) is 0 Å². The summed E-state index contributed by atoms with van der Waals surface area (Å²) in [5.74, 6) is 0.580. The zero-order valence-electron chi connectivity index (χ0n) is 6.48. The largest absolute Gasteiger partial charge is 0.317 e. The highest BCUT2D eigenvalue weighted by atomic mass is 32.1. The average molecular weight is 181 g/mol. The molecule has 1 aromatic rings. The first kappa shape index (κ1) is 7.35. The molecule has 0 aromatic carbocycles. The number of anilines is 1. The van der Waals surface area contributed by atoms with Crippen molar-refractivity contribution in [2.75, 3.05) is 5.32 Å². The summed E-state index contributed by atoms with van der Waals surface area (Å²) in [6.45, 7) is 1.92. The number of rotatable bonds is 0. The van der Waals surface area contributed by atoms with Crippen LogP contribution in [0.2, 0.25) is 0 Å². The van der Waals surface area contributed by atoms with Crippen LogP contribution in [0.5, 0.6) is 0 Å². The predicted molar refractivity (Wildman–Crippen MR) is 49.4 cm³/mol. The van der Waals surface area contributed by atoms with Crippen LogP contribution in [-0.2, 0) is 0 Å². The van der Waals surface area contributed by atoms with Crippen molar-refractivity contribution in [3.8, 4) is 0 Å². The third-order valence-corrected chi connectivity index (χ3v) is 1.72. The summed E-state index contributed by atoms with van der Waals surface area (Å²) in [5, 5.41) is 14.7. The van der Waals surface area contributed by atoms with Gasteiger partial charge in [-0.15, -0.1) is 10.2 Å². The van der Waals surface area contributed by atoms with E-state index >= 15 is 0 Å². The Kier molecular flexibility index (Phi) is 1.61. The van der Waals surface area contributed by atoms with Crippen molar-refractivity contribution in [2.45, 2.75) is 13.3 Å². The summed E-state index contributed by atoms with van der Waals surface area (Å²) in [5.41, 5.74) is 0.950. The maximum Gasteiger partial charge on any atom is 0.250 e. The van der Waals surface area contributed by atoms with Crippen LogP contribution in [0, 0.1) is 0 Å². The van der Waals surface area contributed by atoms with Gasteiger partial charge in [-0.3, -0.25) is 0 Å². The molecule has 5 nitrogen and oxygen atoms in total. The SMILES string of the molecule is CC1=Nn2cnnc2NC(=S)C1. The number of aromatic nitrogens is 3. The Morgan fingerprint density at radius 1 is 1.67 bits per heavy atom. The first-order chi connectivity index (χ1) is 5.75. The van der Waals surface area contributed by atoms with Crippen LogP contribution in [0.3, 0.4) is 0 Å². The third-order valence-electron chi connectivity index (χ3n) is 1.48. The third kappa shape index (κ3) is 1.20. The molecule has 0 aliphatic carbocycles. The van der Waals surface area contributed by atoms with Crippen LogP contribution in [-0.4, -0.2) is 25.6 Å². The molecular weight excluding hydrogens is 174 g/mol. The van der Waals surface area contributed by atoms with E-state index in [1.165, 1.54) is 0 Å². The average Bonchev–Trinajstić information content (AvgIpc) is 2.31. The van der Waals surface area contributed by atoms with Crippen molar-refractivity contribution < 1.29 is 0 Å². The van der Waals surface area contributed by atoms with Gasteiger partial charge in [0, 0.05) is 12.1 Å². The Bertz CT molecular complexity index is 353. The topological polar surface area (TPSA) is 55.1 Å². The molecule has 0 atom stereocenters. The van der Waals surface area contributed by atoms with Crippen molar-refractivity contribution in [1.82, 2.24) is 14.9 Å². The molecule has 1 N–H and O–H groups in total. The number of fused-ring (bicyclic) bond motifs is 1. The standard InChI is InChI=1S/C6H7N5S/c1-4-2-5(12)8-6-9-7-3-11(6)10-4/h3H,2H2,1H3,(H,8,9,12). The van der Waals surface area contributed by atoms with Crippen LogP contribution in [0.1, 0.15) is 13.3 Å². The summed E-state index contributed by atoms with van der Waals surface area (Å²) >= 11 is 5.04. The molecule has 0 amide bonds. The number of hydrogen-bond donors (Lipinski definition) is 1. The fraction of sp³-hybridized carbons (Fsp3) is 0.333. The Labute approximate surface area is 74.5 Å². The zero-order valence-corrected chi connectivity index (χ0v) is 7.30. The van der Waals surface area contributed by atoms with Crippen molar-refractivity contribution in [2.24, 2.45) is 5.10 Å². The molecule has 0 saturated heterocycles. The van der Waals surface area contributed by atoms with Gasteiger partial charge >= 0.3 is 0 Å². The molecule has 0 fully saturated rings. The van der Waals surface area contributed by atoms with Gasteiger partial charge in [0.25, 0.3) is 0 Å².